The maximum absolute atomic E-state index is 11.4. The van der Waals surface area contributed by atoms with Gasteiger partial charge in [0.25, 0.3) is 0 Å². The molecule has 0 radical (unpaired) electrons. The summed E-state index contributed by atoms with van der Waals surface area (Å²) in [6.07, 6.45) is 0. The fourth-order valence-electron chi connectivity index (χ4n) is 1.62. The number of aromatic hydroxyl groups is 1. The summed E-state index contributed by atoms with van der Waals surface area (Å²) in [6.45, 7) is 1.52. The summed E-state index contributed by atoms with van der Waals surface area (Å²) in [7, 11) is 0. The lowest BCUT2D eigenvalue weighted by molar-refractivity contribution is 0.101. The third kappa shape index (κ3) is 2.45. The van der Waals surface area contributed by atoms with Crippen molar-refractivity contribution in [3.8, 4) is 5.75 Å². The number of carbonyl (C=O) groups excluding carboxylic acids is 1. The Morgan fingerprint density at radius 1 is 1.00 bits per heavy atom. The van der Waals surface area contributed by atoms with Crippen molar-refractivity contribution < 1.29 is 9.90 Å². The van der Waals surface area contributed by atoms with Gasteiger partial charge in [0.2, 0.25) is 0 Å². The molecule has 0 bridgehead atoms. The predicted octanol–water partition coefficient (Wildman–Crippen LogP) is 3.34. The summed E-state index contributed by atoms with van der Waals surface area (Å²) in [5.41, 5.74) is 1.89. The lowest BCUT2D eigenvalue weighted by Gasteiger charge is -2.11. The maximum Gasteiger partial charge on any atom is 0.161 e. The van der Waals surface area contributed by atoms with E-state index in [0.29, 0.717) is 16.9 Å². The van der Waals surface area contributed by atoms with Crippen molar-refractivity contribution in [2.24, 2.45) is 0 Å². The van der Waals surface area contributed by atoms with E-state index >= 15 is 0 Å². The smallest absolute Gasteiger partial charge is 0.161 e. The molecule has 0 saturated carbocycles. The number of hydrogen-bond donors (Lipinski definition) is 2. The van der Waals surface area contributed by atoms with E-state index in [2.05, 4.69) is 5.32 Å². The van der Waals surface area contributed by atoms with Crippen LogP contribution in [0.25, 0.3) is 0 Å². The van der Waals surface area contributed by atoms with Crippen LogP contribution in [0.2, 0.25) is 0 Å². The van der Waals surface area contributed by atoms with Crippen LogP contribution in [-0.2, 0) is 0 Å². The number of anilines is 2. The van der Waals surface area contributed by atoms with E-state index in [9.17, 15) is 9.90 Å². The van der Waals surface area contributed by atoms with Crippen LogP contribution in [0.1, 0.15) is 17.3 Å². The minimum atomic E-state index is -0.0106. The van der Waals surface area contributed by atoms with E-state index in [4.69, 9.17) is 0 Å². The molecule has 0 unspecified atom stereocenters. The van der Waals surface area contributed by atoms with Gasteiger partial charge in [0, 0.05) is 11.3 Å². The van der Waals surface area contributed by atoms with Gasteiger partial charge in [0.15, 0.2) is 5.78 Å². The van der Waals surface area contributed by atoms with Crippen molar-refractivity contribution in [1.29, 1.82) is 0 Å². The Bertz CT molecular complexity index is 549. The van der Waals surface area contributed by atoms with Crippen LogP contribution in [0, 0.1) is 0 Å². The lowest BCUT2D eigenvalue weighted by Crippen LogP contribution is -1.99. The number of ketones is 1. The largest absolute Gasteiger partial charge is 0.506 e. The molecule has 0 spiro atoms. The zero-order valence-corrected chi connectivity index (χ0v) is 9.47. The van der Waals surface area contributed by atoms with E-state index in [1.54, 1.807) is 24.3 Å². The number of phenols is 1. The zero-order chi connectivity index (χ0) is 12.3. The standard InChI is InChI=1S/C14H13NO2/c1-10(16)11-6-2-3-7-12(11)15-13-8-4-5-9-14(13)17/h2-9,15,17H,1H3. The van der Waals surface area contributed by atoms with E-state index < -0.39 is 0 Å². The molecule has 17 heavy (non-hydrogen) atoms. The highest BCUT2D eigenvalue weighted by molar-refractivity contribution is 6.00. The Labute approximate surface area is 99.7 Å². The second-order valence-electron chi connectivity index (χ2n) is 3.74. The normalized spacial score (nSPS) is 9.94. The van der Waals surface area contributed by atoms with Crippen molar-refractivity contribution in [2.45, 2.75) is 6.92 Å². The molecule has 2 aromatic rings. The number of rotatable bonds is 3. The minimum absolute atomic E-state index is 0.0106. The molecule has 3 heteroatoms. The lowest BCUT2D eigenvalue weighted by atomic mass is 10.1. The van der Waals surface area contributed by atoms with Gasteiger partial charge in [-0.3, -0.25) is 4.79 Å². The monoisotopic (exact) mass is 227 g/mol. The zero-order valence-electron chi connectivity index (χ0n) is 9.47. The van der Waals surface area contributed by atoms with E-state index in [1.165, 1.54) is 6.92 Å². The van der Waals surface area contributed by atoms with Crippen molar-refractivity contribution in [3.05, 3.63) is 54.1 Å². The van der Waals surface area contributed by atoms with Crippen molar-refractivity contribution in [3.63, 3.8) is 0 Å². The fourth-order valence-corrected chi connectivity index (χ4v) is 1.62. The maximum atomic E-state index is 11.4. The second kappa shape index (κ2) is 4.70. The SMILES string of the molecule is CC(=O)c1ccccc1Nc1ccccc1O. The molecule has 0 aliphatic rings. The van der Waals surface area contributed by atoms with Crippen LogP contribution in [-0.4, -0.2) is 10.9 Å². The topological polar surface area (TPSA) is 49.3 Å². The average molecular weight is 227 g/mol. The van der Waals surface area contributed by atoms with Gasteiger partial charge in [-0.25, -0.2) is 0 Å². The number of carbonyl (C=O) groups is 1. The molecular formula is C14H13NO2. The van der Waals surface area contributed by atoms with Crippen molar-refractivity contribution >= 4 is 17.2 Å². The molecule has 0 heterocycles. The summed E-state index contributed by atoms with van der Waals surface area (Å²) in [4.78, 5) is 11.4. The van der Waals surface area contributed by atoms with Gasteiger partial charge in [-0.2, -0.15) is 0 Å². The number of nitrogens with one attached hydrogen (secondary N) is 1. The molecule has 0 aliphatic carbocycles. The third-order valence-corrected chi connectivity index (χ3v) is 2.48. The Balaban J connectivity index is 2.37. The summed E-state index contributed by atoms with van der Waals surface area (Å²) in [5.74, 6) is 0.148. The first-order valence-corrected chi connectivity index (χ1v) is 5.33. The number of Topliss-reactive ketones (excluding diaryl/α,β-unsaturated/α-hetero) is 1. The van der Waals surface area contributed by atoms with Crippen LogP contribution in [0.15, 0.2) is 48.5 Å². The van der Waals surface area contributed by atoms with Gasteiger partial charge >= 0.3 is 0 Å². The summed E-state index contributed by atoms with van der Waals surface area (Å²) in [6, 6.07) is 14.1. The van der Waals surface area contributed by atoms with Crippen LogP contribution < -0.4 is 5.32 Å². The van der Waals surface area contributed by atoms with Gasteiger partial charge in [0.05, 0.1) is 5.69 Å². The highest BCUT2D eigenvalue weighted by atomic mass is 16.3. The van der Waals surface area contributed by atoms with Crippen molar-refractivity contribution in [2.75, 3.05) is 5.32 Å². The molecule has 0 amide bonds. The summed E-state index contributed by atoms with van der Waals surface area (Å²) in [5, 5.41) is 12.7. The van der Waals surface area contributed by atoms with Crippen molar-refractivity contribution in [1.82, 2.24) is 0 Å². The van der Waals surface area contributed by atoms with Gasteiger partial charge in [-0.05, 0) is 31.2 Å². The average Bonchev–Trinajstić information content (AvgIpc) is 2.32. The molecule has 2 aromatic carbocycles. The Hall–Kier alpha value is -2.29. The molecule has 0 atom stereocenters. The molecule has 2 N–H and O–H groups in total. The summed E-state index contributed by atoms with van der Waals surface area (Å²) >= 11 is 0. The highest BCUT2D eigenvalue weighted by Gasteiger charge is 2.07. The Morgan fingerprint density at radius 3 is 2.24 bits per heavy atom. The molecule has 0 aromatic heterocycles. The van der Waals surface area contributed by atoms with E-state index in [-0.39, 0.29) is 11.5 Å². The molecule has 0 fully saturated rings. The first-order valence-electron chi connectivity index (χ1n) is 5.33. The molecule has 2 rings (SSSR count). The third-order valence-electron chi connectivity index (χ3n) is 2.48. The van der Waals surface area contributed by atoms with E-state index in [1.807, 2.05) is 24.3 Å². The first-order chi connectivity index (χ1) is 8.18. The number of benzene rings is 2. The second-order valence-corrected chi connectivity index (χ2v) is 3.74. The number of phenolic OH excluding ortho intramolecular Hbond substituents is 1. The molecule has 86 valence electrons. The molecule has 0 saturated heterocycles. The molecule has 3 nitrogen and oxygen atoms in total. The quantitative estimate of drug-likeness (QED) is 0.624. The minimum Gasteiger partial charge on any atom is -0.506 e. The van der Waals surface area contributed by atoms with Crippen LogP contribution in [0.4, 0.5) is 11.4 Å². The van der Waals surface area contributed by atoms with Crippen LogP contribution in [0.5, 0.6) is 5.75 Å². The Kier molecular flexibility index (Phi) is 3.10. The van der Waals surface area contributed by atoms with Gasteiger partial charge in [-0.15, -0.1) is 0 Å². The van der Waals surface area contributed by atoms with Crippen LogP contribution in [0.3, 0.4) is 0 Å². The Morgan fingerprint density at radius 2 is 1.59 bits per heavy atom. The molecule has 0 aliphatic heterocycles. The summed E-state index contributed by atoms with van der Waals surface area (Å²) < 4.78 is 0. The van der Waals surface area contributed by atoms with Crippen LogP contribution >= 0.6 is 0 Å². The van der Waals surface area contributed by atoms with E-state index in [0.717, 1.165) is 0 Å². The predicted molar refractivity (Wildman–Crippen MR) is 67.8 cm³/mol. The molecular weight excluding hydrogens is 214 g/mol. The number of hydrogen-bond acceptors (Lipinski definition) is 3. The highest BCUT2D eigenvalue weighted by Crippen LogP contribution is 2.27. The first kappa shape index (κ1) is 11.2. The fraction of sp³-hybridized carbons (Fsp3) is 0.0714. The van der Waals surface area contributed by atoms with Gasteiger partial charge < -0.3 is 10.4 Å². The van der Waals surface area contributed by atoms with Gasteiger partial charge in [-0.1, -0.05) is 24.3 Å². The number of para-hydroxylation sites is 3. The van der Waals surface area contributed by atoms with Gasteiger partial charge in [0.1, 0.15) is 5.75 Å².